The normalized spacial score (nSPS) is 22.8. The number of hydrogen-bond acceptors (Lipinski definition) is 9. The number of β-lactam (4-membered cyclic amide) rings is 1. The quantitative estimate of drug-likeness (QED) is 0.337. The lowest BCUT2D eigenvalue weighted by Gasteiger charge is -2.44. The number of nitrogens with zero attached hydrogens (tertiary/aromatic N) is 4. The molecule has 0 spiro atoms. The van der Waals surface area contributed by atoms with Gasteiger partial charge in [-0.15, -0.1) is 11.8 Å². The Bertz CT molecular complexity index is 1340. The third-order valence-corrected chi connectivity index (χ3v) is 8.34. The van der Waals surface area contributed by atoms with E-state index in [1.54, 1.807) is 19.9 Å². The van der Waals surface area contributed by atoms with Crippen molar-refractivity contribution in [2.45, 2.75) is 42.1 Å². The molecule has 0 bridgehead atoms. The number of carboxylic acid groups (broad SMARTS) is 1. The van der Waals surface area contributed by atoms with E-state index in [4.69, 9.17) is 5.14 Å². The number of carbonyl (C=O) groups is 4. The van der Waals surface area contributed by atoms with Crippen molar-refractivity contribution in [3.05, 3.63) is 54.5 Å². The monoisotopic (exact) mass is 549 g/mol. The van der Waals surface area contributed by atoms with Crippen molar-refractivity contribution in [1.29, 1.82) is 0 Å². The van der Waals surface area contributed by atoms with Crippen LogP contribution in [0.2, 0.25) is 0 Å². The molecule has 16 heteroatoms. The number of thioether (sulfide) groups is 1. The summed E-state index contributed by atoms with van der Waals surface area (Å²) in [6.07, 6.45) is 3.76. The SMILES string of the molecule is CC1(C)S[C@@H]2[C@H](NC(=O)C(c3ccccc3)N(C(=O)Nc3cnccn3)S(N)(=O)=O)C(=O)N2[C@H]1C(=O)O. The highest BCUT2D eigenvalue weighted by atomic mass is 32.2. The molecule has 4 amide bonds. The van der Waals surface area contributed by atoms with Crippen LogP contribution in [0.3, 0.4) is 0 Å². The van der Waals surface area contributed by atoms with E-state index in [-0.39, 0.29) is 15.7 Å². The summed E-state index contributed by atoms with van der Waals surface area (Å²) in [5.74, 6) is -2.92. The Morgan fingerprint density at radius 3 is 2.46 bits per heavy atom. The Morgan fingerprint density at radius 2 is 1.89 bits per heavy atom. The van der Waals surface area contributed by atoms with Crippen LogP contribution in [-0.4, -0.2) is 78.7 Å². The summed E-state index contributed by atoms with van der Waals surface area (Å²) in [4.78, 5) is 60.0. The first-order valence-corrected chi connectivity index (χ1v) is 13.2. The van der Waals surface area contributed by atoms with Gasteiger partial charge >= 0.3 is 22.2 Å². The van der Waals surface area contributed by atoms with Crippen molar-refractivity contribution >= 4 is 51.6 Å². The van der Waals surface area contributed by atoms with E-state index in [9.17, 15) is 32.7 Å². The Labute approximate surface area is 215 Å². The first-order chi connectivity index (χ1) is 17.3. The molecule has 2 saturated heterocycles. The van der Waals surface area contributed by atoms with Crippen LogP contribution in [0.15, 0.2) is 48.9 Å². The summed E-state index contributed by atoms with van der Waals surface area (Å²) in [7, 11) is -4.84. The molecule has 2 aromatic rings. The third-order valence-electron chi connectivity index (χ3n) is 5.84. The number of fused-ring (bicyclic) bond motifs is 1. The maximum Gasteiger partial charge on any atom is 0.338 e. The average Bonchev–Trinajstić information content (AvgIpc) is 3.09. The molecule has 4 atom stereocenters. The summed E-state index contributed by atoms with van der Waals surface area (Å²) in [5, 5.41) is 19.0. The fourth-order valence-electron chi connectivity index (χ4n) is 4.31. The van der Waals surface area contributed by atoms with Gasteiger partial charge in [-0.1, -0.05) is 30.3 Å². The lowest BCUT2D eigenvalue weighted by molar-refractivity contribution is -0.161. The molecular weight excluding hydrogens is 526 g/mol. The highest BCUT2D eigenvalue weighted by molar-refractivity contribution is 8.01. The highest BCUT2D eigenvalue weighted by Gasteiger charge is 2.64. The standard InChI is InChI=1S/C21H23N7O7S2/c1-21(2)15(19(31)32)27-17(30)13(18(27)36-21)26-16(29)14(11-6-4-3-5-7-11)28(37(22,34)35)20(33)25-12-10-23-8-9-24-12/h3-10,13-15,18H,1-2H3,(H,26,29)(H,31,32)(H2,22,34,35)(H,24,25,33)/t13-,14?,15+,18-/m1/s1. The van der Waals surface area contributed by atoms with Crippen LogP contribution in [0.4, 0.5) is 10.6 Å². The minimum atomic E-state index is -4.84. The van der Waals surface area contributed by atoms with Gasteiger partial charge < -0.3 is 15.3 Å². The fraction of sp³-hybridized carbons (Fsp3) is 0.333. The lowest BCUT2D eigenvalue weighted by atomic mass is 9.95. The number of hydrogen-bond donors (Lipinski definition) is 4. The first-order valence-electron chi connectivity index (χ1n) is 10.8. The Balaban J connectivity index is 1.65. The van der Waals surface area contributed by atoms with E-state index in [1.807, 2.05) is 0 Å². The number of anilines is 1. The minimum Gasteiger partial charge on any atom is -0.480 e. The zero-order chi connectivity index (χ0) is 27.1. The third kappa shape index (κ3) is 4.94. The van der Waals surface area contributed by atoms with Gasteiger partial charge in [0, 0.05) is 17.1 Å². The molecule has 1 aromatic carbocycles. The van der Waals surface area contributed by atoms with Gasteiger partial charge in [-0.05, 0) is 19.4 Å². The molecule has 196 valence electrons. The number of urea groups is 1. The molecule has 14 nitrogen and oxygen atoms in total. The summed E-state index contributed by atoms with van der Waals surface area (Å²) < 4.78 is 24.5. The first kappa shape index (κ1) is 26.3. The Kier molecular flexibility index (Phi) is 6.83. The number of carboxylic acids is 1. The van der Waals surface area contributed by atoms with Crippen molar-refractivity contribution in [3.63, 3.8) is 0 Å². The molecule has 2 aliphatic heterocycles. The van der Waals surface area contributed by atoms with Crippen LogP contribution in [0.5, 0.6) is 0 Å². The molecule has 0 saturated carbocycles. The maximum atomic E-state index is 13.5. The van der Waals surface area contributed by atoms with Crippen LogP contribution in [-0.2, 0) is 24.6 Å². The van der Waals surface area contributed by atoms with Crippen LogP contribution in [0, 0.1) is 0 Å². The molecule has 1 unspecified atom stereocenters. The van der Waals surface area contributed by atoms with Gasteiger partial charge in [0.05, 0.1) is 6.20 Å². The second-order valence-corrected chi connectivity index (χ2v) is 12.0. The topological polar surface area (TPSA) is 205 Å². The maximum absolute atomic E-state index is 13.5. The number of nitrogens with one attached hydrogen (secondary N) is 2. The predicted octanol–water partition coefficient (Wildman–Crippen LogP) is -0.113. The average molecular weight is 550 g/mol. The second kappa shape index (κ2) is 9.60. The molecular formula is C21H23N7O7S2. The Hall–Kier alpha value is -3.76. The van der Waals surface area contributed by atoms with E-state index in [0.717, 1.165) is 6.20 Å². The number of nitrogens with two attached hydrogens (primary N) is 1. The molecule has 4 rings (SSSR count). The van der Waals surface area contributed by atoms with Gasteiger partial charge in [0.15, 0.2) is 11.9 Å². The molecule has 5 N–H and O–H groups in total. The number of aliphatic carboxylic acids is 1. The van der Waals surface area contributed by atoms with Crippen LogP contribution < -0.4 is 15.8 Å². The number of rotatable bonds is 7. The van der Waals surface area contributed by atoms with E-state index >= 15 is 0 Å². The van der Waals surface area contributed by atoms with Crippen LogP contribution in [0.1, 0.15) is 25.5 Å². The van der Waals surface area contributed by atoms with E-state index in [2.05, 4.69) is 20.6 Å². The van der Waals surface area contributed by atoms with Gasteiger partial charge in [0.25, 0.3) is 0 Å². The van der Waals surface area contributed by atoms with Crippen molar-refractivity contribution in [3.8, 4) is 0 Å². The van der Waals surface area contributed by atoms with Crippen molar-refractivity contribution in [2.24, 2.45) is 5.14 Å². The van der Waals surface area contributed by atoms with E-state index < -0.39 is 62.3 Å². The van der Waals surface area contributed by atoms with Gasteiger partial charge in [-0.25, -0.2) is 19.7 Å². The summed E-state index contributed by atoms with van der Waals surface area (Å²) in [6, 6.07) is 2.18. The molecule has 37 heavy (non-hydrogen) atoms. The van der Waals surface area contributed by atoms with Crippen LogP contribution >= 0.6 is 11.8 Å². The smallest absolute Gasteiger partial charge is 0.338 e. The van der Waals surface area contributed by atoms with Crippen molar-refractivity contribution in [2.75, 3.05) is 5.32 Å². The summed E-state index contributed by atoms with van der Waals surface area (Å²) >= 11 is 1.20. The predicted molar refractivity (Wildman–Crippen MR) is 131 cm³/mol. The molecule has 0 aliphatic carbocycles. The number of benzene rings is 1. The molecule has 0 radical (unpaired) electrons. The van der Waals surface area contributed by atoms with Gasteiger partial charge in [-0.3, -0.25) is 19.9 Å². The number of carbonyl (C=O) groups excluding carboxylic acids is 3. The lowest BCUT2D eigenvalue weighted by Crippen LogP contribution is -2.71. The van der Waals surface area contributed by atoms with Crippen LogP contribution in [0.25, 0.3) is 0 Å². The zero-order valence-corrected chi connectivity index (χ0v) is 21.1. The van der Waals surface area contributed by atoms with E-state index in [0.29, 0.717) is 0 Å². The molecule has 1 aromatic heterocycles. The second-order valence-electron chi connectivity index (χ2n) is 8.76. The molecule has 2 fully saturated rings. The number of aromatic nitrogens is 2. The van der Waals surface area contributed by atoms with Gasteiger partial charge in [0.2, 0.25) is 11.8 Å². The minimum absolute atomic E-state index is 0.0924. The summed E-state index contributed by atoms with van der Waals surface area (Å²) in [6.45, 7) is 3.35. The summed E-state index contributed by atoms with van der Waals surface area (Å²) in [5.41, 5.74) is 0.0924. The largest absolute Gasteiger partial charge is 0.480 e. The zero-order valence-electron chi connectivity index (χ0n) is 19.5. The van der Waals surface area contributed by atoms with E-state index in [1.165, 1.54) is 53.3 Å². The Morgan fingerprint density at radius 1 is 1.22 bits per heavy atom. The van der Waals surface area contributed by atoms with Gasteiger partial charge in [0.1, 0.15) is 17.5 Å². The fourth-order valence-corrected chi connectivity index (χ4v) is 6.73. The molecule has 2 aliphatic rings. The highest BCUT2D eigenvalue weighted by Crippen LogP contribution is 2.50. The van der Waals surface area contributed by atoms with Gasteiger partial charge in [-0.2, -0.15) is 12.7 Å². The van der Waals surface area contributed by atoms with Crippen molar-refractivity contribution < 1.29 is 32.7 Å². The molecule has 3 heterocycles. The van der Waals surface area contributed by atoms with Crippen molar-refractivity contribution in [1.82, 2.24) is 24.5 Å². The number of amides is 4.